The summed E-state index contributed by atoms with van der Waals surface area (Å²) in [6.45, 7) is 1.91. The van der Waals surface area contributed by atoms with Gasteiger partial charge in [0.05, 0.1) is 5.56 Å². The summed E-state index contributed by atoms with van der Waals surface area (Å²) in [4.78, 5) is 15.3. The van der Waals surface area contributed by atoms with Gasteiger partial charge in [0.2, 0.25) is 5.91 Å². The Kier molecular flexibility index (Phi) is 3.40. The summed E-state index contributed by atoms with van der Waals surface area (Å²) < 4.78 is 0. The first-order chi connectivity index (χ1) is 8.66. The van der Waals surface area contributed by atoms with Gasteiger partial charge in [0, 0.05) is 23.0 Å². The van der Waals surface area contributed by atoms with E-state index in [1.54, 1.807) is 24.4 Å². The SMILES string of the molecule is Cc1cc(C#Cc2ccccc2C(N)=O)ccn1. The zero-order valence-corrected chi connectivity index (χ0v) is 9.97. The van der Waals surface area contributed by atoms with E-state index in [4.69, 9.17) is 5.73 Å². The minimum atomic E-state index is -0.467. The molecule has 2 aromatic rings. The molecule has 0 saturated heterocycles. The van der Waals surface area contributed by atoms with E-state index in [9.17, 15) is 4.79 Å². The molecule has 0 unspecified atom stereocenters. The van der Waals surface area contributed by atoms with E-state index in [0.29, 0.717) is 11.1 Å². The maximum Gasteiger partial charge on any atom is 0.249 e. The zero-order chi connectivity index (χ0) is 13.0. The summed E-state index contributed by atoms with van der Waals surface area (Å²) in [7, 11) is 0. The summed E-state index contributed by atoms with van der Waals surface area (Å²) in [6.07, 6.45) is 1.71. The maximum atomic E-state index is 11.2. The topological polar surface area (TPSA) is 56.0 Å². The number of rotatable bonds is 1. The van der Waals surface area contributed by atoms with Gasteiger partial charge < -0.3 is 5.73 Å². The average Bonchev–Trinajstić information content (AvgIpc) is 2.37. The Balaban J connectivity index is 2.39. The Morgan fingerprint density at radius 1 is 1.22 bits per heavy atom. The van der Waals surface area contributed by atoms with Crippen molar-refractivity contribution in [2.45, 2.75) is 6.92 Å². The Morgan fingerprint density at radius 3 is 2.72 bits per heavy atom. The van der Waals surface area contributed by atoms with Crippen LogP contribution in [0.4, 0.5) is 0 Å². The van der Waals surface area contributed by atoms with Crippen molar-refractivity contribution < 1.29 is 4.79 Å². The number of nitrogens with zero attached hydrogens (tertiary/aromatic N) is 1. The van der Waals surface area contributed by atoms with Crippen LogP contribution in [-0.2, 0) is 0 Å². The van der Waals surface area contributed by atoms with Gasteiger partial charge in [-0.25, -0.2) is 0 Å². The predicted molar refractivity (Wildman–Crippen MR) is 69.9 cm³/mol. The van der Waals surface area contributed by atoms with E-state index in [1.807, 2.05) is 25.1 Å². The van der Waals surface area contributed by atoms with Crippen molar-refractivity contribution in [1.29, 1.82) is 0 Å². The summed E-state index contributed by atoms with van der Waals surface area (Å²) in [5, 5.41) is 0. The van der Waals surface area contributed by atoms with Crippen LogP contribution in [0.2, 0.25) is 0 Å². The van der Waals surface area contributed by atoms with E-state index in [2.05, 4.69) is 16.8 Å². The third kappa shape index (κ3) is 2.74. The molecule has 3 nitrogen and oxygen atoms in total. The standard InChI is InChI=1S/C15H12N2O/c1-11-10-12(8-9-17-11)6-7-13-4-2-3-5-14(13)15(16)18/h2-5,8-10H,1H3,(H2,16,18). The second-order valence-corrected chi connectivity index (χ2v) is 3.85. The van der Waals surface area contributed by atoms with E-state index >= 15 is 0 Å². The number of hydrogen-bond acceptors (Lipinski definition) is 2. The zero-order valence-electron chi connectivity index (χ0n) is 9.97. The van der Waals surface area contributed by atoms with Crippen molar-refractivity contribution in [3.05, 3.63) is 65.0 Å². The number of carbonyl (C=O) groups excluding carboxylic acids is 1. The van der Waals surface area contributed by atoms with Crippen molar-refractivity contribution in [3.63, 3.8) is 0 Å². The molecule has 0 atom stereocenters. The number of primary amides is 1. The lowest BCUT2D eigenvalue weighted by atomic mass is 10.1. The number of amides is 1. The lowest BCUT2D eigenvalue weighted by Gasteiger charge is -1.98. The lowest BCUT2D eigenvalue weighted by molar-refractivity contribution is 0.1000. The molecule has 2 N–H and O–H groups in total. The molecule has 2 rings (SSSR count). The predicted octanol–water partition coefficient (Wildman–Crippen LogP) is 1.89. The molecule has 0 aliphatic rings. The molecular weight excluding hydrogens is 224 g/mol. The largest absolute Gasteiger partial charge is 0.366 e. The average molecular weight is 236 g/mol. The molecule has 0 radical (unpaired) electrons. The van der Waals surface area contributed by atoms with Crippen molar-refractivity contribution in [2.24, 2.45) is 5.73 Å². The second-order valence-electron chi connectivity index (χ2n) is 3.85. The summed E-state index contributed by atoms with van der Waals surface area (Å²) >= 11 is 0. The van der Waals surface area contributed by atoms with Gasteiger partial charge in [-0.15, -0.1) is 0 Å². The van der Waals surface area contributed by atoms with E-state index in [-0.39, 0.29) is 0 Å². The summed E-state index contributed by atoms with van der Waals surface area (Å²) in [5.74, 6) is 5.49. The van der Waals surface area contributed by atoms with Crippen LogP contribution in [0.1, 0.15) is 27.2 Å². The van der Waals surface area contributed by atoms with Gasteiger partial charge in [0.1, 0.15) is 0 Å². The Hall–Kier alpha value is -2.60. The molecule has 0 bridgehead atoms. The van der Waals surface area contributed by atoms with Crippen LogP contribution < -0.4 is 5.73 Å². The van der Waals surface area contributed by atoms with Gasteiger partial charge in [-0.05, 0) is 31.2 Å². The molecule has 1 aromatic carbocycles. The molecule has 0 aliphatic heterocycles. The first-order valence-corrected chi connectivity index (χ1v) is 5.50. The lowest BCUT2D eigenvalue weighted by Crippen LogP contribution is -2.12. The molecule has 0 fully saturated rings. The molecule has 0 aliphatic carbocycles. The highest BCUT2D eigenvalue weighted by Crippen LogP contribution is 2.07. The number of carbonyl (C=O) groups is 1. The van der Waals surface area contributed by atoms with Crippen molar-refractivity contribution in [3.8, 4) is 11.8 Å². The quantitative estimate of drug-likeness (QED) is 0.769. The Bertz CT molecular complexity index is 651. The summed E-state index contributed by atoms with van der Waals surface area (Å²) in [5.41, 5.74) is 8.14. The highest BCUT2D eigenvalue weighted by Gasteiger charge is 2.03. The Labute approximate surface area is 106 Å². The monoisotopic (exact) mass is 236 g/mol. The molecule has 1 heterocycles. The van der Waals surface area contributed by atoms with Crippen LogP contribution in [0.25, 0.3) is 0 Å². The van der Waals surface area contributed by atoms with Crippen LogP contribution in [-0.4, -0.2) is 10.9 Å². The molecule has 0 spiro atoms. The molecule has 1 aromatic heterocycles. The number of nitrogens with two attached hydrogens (primary N) is 1. The minimum Gasteiger partial charge on any atom is -0.366 e. The van der Waals surface area contributed by atoms with Gasteiger partial charge in [-0.2, -0.15) is 0 Å². The van der Waals surface area contributed by atoms with Crippen LogP contribution in [0.3, 0.4) is 0 Å². The third-order valence-corrected chi connectivity index (χ3v) is 2.43. The maximum absolute atomic E-state index is 11.2. The number of benzene rings is 1. The molecule has 0 saturated carbocycles. The Morgan fingerprint density at radius 2 is 2.00 bits per heavy atom. The van der Waals surface area contributed by atoms with E-state index < -0.39 is 5.91 Å². The normalized spacial score (nSPS) is 9.39. The van der Waals surface area contributed by atoms with Gasteiger partial charge >= 0.3 is 0 Å². The number of hydrogen-bond donors (Lipinski definition) is 1. The van der Waals surface area contributed by atoms with E-state index in [0.717, 1.165) is 11.3 Å². The van der Waals surface area contributed by atoms with Crippen molar-refractivity contribution in [2.75, 3.05) is 0 Å². The van der Waals surface area contributed by atoms with Crippen molar-refractivity contribution >= 4 is 5.91 Å². The minimum absolute atomic E-state index is 0.441. The number of aryl methyl sites for hydroxylation is 1. The fourth-order valence-corrected chi connectivity index (χ4v) is 1.57. The van der Waals surface area contributed by atoms with Crippen LogP contribution in [0.15, 0.2) is 42.6 Å². The van der Waals surface area contributed by atoms with Crippen LogP contribution in [0.5, 0.6) is 0 Å². The molecule has 18 heavy (non-hydrogen) atoms. The first-order valence-electron chi connectivity index (χ1n) is 5.50. The van der Waals surface area contributed by atoms with Gasteiger partial charge in [-0.1, -0.05) is 24.0 Å². The van der Waals surface area contributed by atoms with Crippen molar-refractivity contribution in [1.82, 2.24) is 4.98 Å². The second kappa shape index (κ2) is 5.15. The number of pyridine rings is 1. The molecule has 3 heteroatoms. The molecule has 1 amide bonds. The fraction of sp³-hybridized carbons (Fsp3) is 0.0667. The third-order valence-electron chi connectivity index (χ3n) is 2.43. The van der Waals surface area contributed by atoms with Gasteiger partial charge in [0.25, 0.3) is 0 Å². The number of aromatic nitrogens is 1. The highest BCUT2D eigenvalue weighted by molar-refractivity contribution is 5.95. The fourth-order valence-electron chi connectivity index (χ4n) is 1.57. The van der Waals surface area contributed by atoms with E-state index in [1.165, 1.54) is 0 Å². The molecular formula is C15H12N2O. The smallest absolute Gasteiger partial charge is 0.249 e. The summed E-state index contributed by atoms with van der Waals surface area (Å²) in [6, 6.07) is 10.8. The van der Waals surface area contributed by atoms with Gasteiger partial charge in [-0.3, -0.25) is 9.78 Å². The van der Waals surface area contributed by atoms with Gasteiger partial charge in [0.15, 0.2) is 0 Å². The highest BCUT2D eigenvalue weighted by atomic mass is 16.1. The van der Waals surface area contributed by atoms with Crippen LogP contribution in [0, 0.1) is 18.8 Å². The van der Waals surface area contributed by atoms with Crippen LogP contribution >= 0.6 is 0 Å². The first kappa shape index (κ1) is 11.9. The molecule has 88 valence electrons.